The third-order valence-corrected chi connectivity index (χ3v) is 3.24. The number of hydrogen-bond acceptors (Lipinski definition) is 2. The van der Waals surface area contributed by atoms with Gasteiger partial charge < -0.3 is 4.98 Å². The standard InChI is InChI=1S/C9H13BrN2S/c1-3-5-7-11-6(4-2)8(10)9(13)12-7/h3-5H2,1-2H3,(H,11,12,13). The van der Waals surface area contributed by atoms with Gasteiger partial charge in [0.05, 0.1) is 4.47 Å². The molecule has 1 N–H and O–H groups in total. The zero-order valence-electron chi connectivity index (χ0n) is 7.85. The molecule has 4 heteroatoms. The number of nitrogens with zero attached hydrogens (tertiary/aromatic N) is 1. The van der Waals surface area contributed by atoms with Crippen LogP contribution in [0.3, 0.4) is 0 Å². The summed E-state index contributed by atoms with van der Waals surface area (Å²) in [5, 5.41) is 0. The molecular formula is C9H13BrN2S. The third-order valence-electron chi connectivity index (χ3n) is 1.82. The Morgan fingerprint density at radius 2 is 2.15 bits per heavy atom. The first-order valence-corrected chi connectivity index (χ1v) is 5.66. The van der Waals surface area contributed by atoms with Crippen LogP contribution in [0.5, 0.6) is 0 Å². The largest absolute Gasteiger partial charge is 0.346 e. The molecule has 0 radical (unpaired) electrons. The predicted molar refractivity (Wildman–Crippen MR) is 60.5 cm³/mol. The lowest BCUT2D eigenvalue weighted by atomic mass is 10.3. The highest BCUT2D eigenvalue weighted by Gasteiger charge is 2.03. The van der Waals surface area contributed by atoms with Crippen LogP contribution in [-0.4, -0.2) is 9.97 Å². The monoisotopic (exact) mass is 260 g/mol. The van der Waals surface area contributed by atoms with Crippen molar-refractivity contribution in [3.63, 3.8) is 0 Å². The van der Waals surface area contributed by atoms with Crippen molar-refractivity contribution in [3.8, 4) is 0 Å². The highest BCUT2D eigenvalue weighted by molar-refractivity contribution is 9.10. The van der Waals surface area contributed by atoms with E-state index in [2.05, 4.69) is 39.7 Å². The Balaban J connectivity index is 3.14. The van der Waals surface area contributed by atoms with Crippen LogP contribution in [0, 0.1) is 4.64 Å². The minimum absolute atomic E-state index is 0.666. The lowest BCUT2D eigenvalue weighted by Crippen LogP contribution is -2.00. The van der Waals surface area contributed by atoms with Gasteiger partial charge in [-0.3, -0.25) is 0 Å². The average Bonchev–Trinajstić information content (AvgIpc) is 2.11. The third kappa shape index (κ3) is 2.61. The topological polar surface area (TPSA) is 28.7 Å². The second-order valence-corrected chi connectivity index (χ2v) is 4.06. The van der Waals surface area contributed by atoms with E-state index in [0.29, 0.717) is 4.64 Å². The van der Waals surface area contributed by atoms with Gasteiger partial charge in [-0.05, 0) is 28.8 Å². The Labute approximate surface area is 91.9 Å². The number of rotatable bonds is 3. The molecule has 0 fully saturated rings. The molecule has 1 aromatic heterocycles. The summed E-state index contributed by atoms with van der Waals surface area (Å²) in [6, 6.07) is 0. The Morgan fingerprint density at radius 1 is 1.46 bits per heavy atom. The molecule has 0 unspecified atom stereocenters. The van der Waals surface area contributed by atoms with Crippen LogP contribution in [0.25, 0.3) is 0 Å². The summed E-state index contributed by atoms with van der Waals surface area (Å²) >= 11 is 8.56. The molecule has 13 heavy (non-hydrogen) atoms. The molecule has 0 spiro atoms. The molecule has 0 atom stereocenters. The highest BCUT2D eigenvalue weighted by atomic mass is 79.9. The summed E-state index contributed by atoms with van der Waals surface area (Å²) in [6.45, 7) is 4.23. The fraction of sp³-hybridized carbons (Fsp3) is 0.556. The molecule has 0 aliphatic heterocycles. The van der Waals surface area contributed by atoms with Gasteiger partial charge in [-0.25, -0.2) is 4.98 Å². The van der Waals surface area contributed by atoms with Crippen LogP contribution in [-0.2, 0) is 12.8 Å². The van der Waals surface area contributed by atoms with E-state index in [9.17, 15) is 0 Å². The van der Waals surface area contributed by atoms with Gasteiger partial charge >= 0.3 is 0 Å². The van der Waals surface area contributed by atoms with Crippen molar-refractivity contribution in [2.75, 3.05) is 0 Å². The number of aryl methyl sites for hydroxylation is 2. The molecule has 0 saturated carbocycles. The van der Waals surface area contributed by atoms with E-state index < -0.39 is 0 Å². The van der Waals surface area contributed by atoms with Crippen molar-refractivity contribution >= 4 is 28.1 Å². The van der Waals surface area contributed by atoms with Crippen LogP contribution in [0.4, 0.5) is 0 Å². The van der Waals surface area contributed by atoms with E-state index in [1.807, 2.05) is 0 Å². The van der Waals surface area contributed by atoms with E-state index in [-0.39, 0.29) is 0 Å². The van der Waals surface area contributed by atoms with Gasteiger partial charge in [-0.15, -0.1) is 0 Å². The second kappa shape index (κ2) is 4.86. The fourth-order valence-corrected chi connectivity index (χ4v) is 1.86. The van der Waals surface area contributed by atoms with E-state index in [1.165, 1.54) is 0 Å². The maximum atomic E-state index is 5.13. The molecule has 1 aromatic rings. The maximum absolute atomic E-state index is 5.13. The van der Waals surface area contributed by atoms with E-state index in [1.54, 1.807) is 0 Å². The van der Waals surface area contributed by atoms with Crippen molar-refractivity contribution in [1.82, 2.24) is 9.97 Å². The number of aromatic nitrogens is 2. The second-order valence-electron chi connectivity index (χ2n) is 2.88. The smallest absolute Gasteiger partial charge is 0.144 e. The molecule has 0 aliphatic carbocycles. The Kier molecular flexibility index (Phi) is 4.06. The Morgan fingerprint density at radius 3 is 2.69 bits per heavy atom. The highest BCUT2D eigenvalue weighted by Crippen LogP contribution is 2.16. The summed E-state index contributed by atoms with van der Waals surface area (Å²) < 4.78 is 1.60. The normalized spacial score (nSPS) is 10.4. The lowest BCUT2D eigenvalue weighted by Gasteiger charge is -2.05. The zero-order valence-corrected chi connectivity index (χ0v) is 10.3. The van der Waals surface area contributed by atoms with Crippen LogP contribution in [0.2, 0.25) is 0 Å². The minimum atomic E-state index is 0.666. The number of hydrogen-bond donors (Lipinski definition) is 1. The first-order valence-electron chi connectivity index (χ1n) is 4.46. The van der Waals surface area contributed by atoms with Gasteiger partial charge in [0, 0.05) is 12.1 Å². The zero-order chi connectivity index (χ0) is 9.84. The number of nitrogens with one attached hydrogen (secondary N) is 1. The van der Waals surface area contributed by atoms with E-state index in [4.69, 9.17) is 12.2 Å². The summed E-state index contributed by atoms with van der Waals surface area (Å²) in [5.74, 6) is 0.993. The van der Waals surface area contributed by atoms with Crippen LogP contribution >= 0.6 is 28.1 Å². The summed E-state index contributed by atoms with van der Waals surface area (Å²) in [7, 11) is 0. The summed E-state index contributed by atoms with van der Waals surface area (Å²) in [4.78, 5) is 7.56. The Bertz CT molecular complexity index is 346. The quantitative estimate of drug-likeness (QED) is 0.844. The molecule has 2 nitrogen and oxygen atoms in total. The Hall–Kier alpha value is -0.220. The SMILES string of the molecule is CCCc1nc(=S)c(Br)c(CC)[nH]1. The van der Waals surface area contributed by atoms with Gasteiger partial charge in [0.1, 0.15) is 10.5 Å². The van der Waals surface area contributed by atoms with Gasteiger partial charge in [0.15, 0.2) is 0 Å². The maximum Gasteiger partial charge on any atom is 0.144 e. The molecular weight excluding hydrogens is 248 g/mol. The molecule has 1 rings (SSSR count). The van der Waals surface area contributed by atoms with Crippen molar-refractivity contribution in [1.29, 1.82) is 0 Å². The molecule has 0 amide bonds. The van der Waals surface area contributed by atoms with Gasteiger partial charge in [0.25, 0.3) is 0 Å². The minimum Gasteiger partial charge on any atom is -0.346 e. The molecule has 0 bridgehead atoms. The predicted octanol–water partition coefficient (Wildman–Crippen LogP) is 3.42. The van der Waals surface area contributed by atoms with Crippen molar-refractivity contribution in [3.05, 3.63) is 20.6 Å². The number of aromatic amines is 1. The lowest BCUT2D eigenvalue weighted by molar-refractivity contribution is 0.805. The summed E-state index contributed by atoms with van der Waals surface area (Å²) in [5.41, 5.74) is 1.14. The van der Waals surface area contributed by atoms with Crippen LogP contribution in [0.15, 0.2) is 4.47 Å². The first kappa shape index (κ1) is 10.9. The first-order chi connectivity index (χ1) is 6.19. The van der Waals surface area contributed by atoms with Crippen molar-refractivity contribution in [2.45, 2.75) is 33.1 Å². The molecule has 0 aromatic carbocycles. The summed E-state index contributed by atoms with van der Waals surface area (Å²) in [6.07, 6.45) is 3.00. The van der Waals surface area contributed by atoms with E-state index >= 15 is 0 Å². The molecule has 0 aliphatic rings. The van der Waals surface area contributed by atoms with Gasteiger partial charge in [-0.2, -0.15) is 0 Å². The molecule has 72 valence electrons. The van der Waals surface area contributed by atoms with Crippen LogP contribution < -0.4 is 0 Å². The van der Waals surface area contributed by atoms with Crippen molar-refractivity contribution in [2.24, 2.45) is 0 Å². The van der Waals surface area contributed by atoms with Crippen LogP contribution in [0.1, 0.15) is 31.8 Å². The average molecular weight is 261 g/mol. The molecule has 1 heterocycles. The van der Waals surface area contributed by atoms with Gasteiger partial charge in [0.2, 0.25) is 0 Å². The van der Waals surface area contributed by atoms with E-state index in [0.717, 1.165) is 35.3 Å². The fourth-order valence-electron chi connectivity index (χ4n) is 1.16. The molecule has 0 saturated heterocycles. The number of H-pyrrole nitrogens is 1. The number of halogens is 1. The van der Waals surface area contributed by atoms with Gasteiger partial charge in [-0.1, -0.05) is 26.1 Å². The van der Waals surface area contributed by atoms with Crippen molar-refractivity contribution < 1.29 is 0 Å².